The Kier molecular flexibility index (Phi) is 4.54. The lowest BCUT2D eigenvalue weighted by molar-refractivity contribution is -0.164. The molecule has 0 aromatic rings. The zero-order chi connectivity index (χ0) is 16.8. The summed E-state index contributed by atoms with van der Waals surface area (Å²) in [4.78, 5) is 12.3. The van der Waals surface area contributed by atoms with Gasteiger partial charge in [0.25, 0.3) is 0 Å². The molecular weight excluding hydrogens is 272 g/mol. The molecule has 1 aliphatic heterocycles. The number of allylic oxidation sites excluding steroid dienone is 1. The standard InChI is InChI=1S/C18H28O2.C2H6/c1-6-12-14-17(4)10-7-9-16(2,3)13(17)8-11-18(14,5)20-15(12)19;1-2/h6,13-14H,7-11H2,1-5H3;1-2H3/b12-6-;/t13-,14+,17-,18+;/m1./s1. The molecule has 3 aliphatic rings. The van der Waals surface area contributed by atoms with Gasteiger partial charge in [0, 0.05) is 11.5 Å². The highest BCUT2D eigenvalue weighted by molar-refractivity contribution is 5.92. The number of fused-ring (bicyclic) bond motifs is 3. The molecule has 1 heterocycles. The summed E-state index contributed by atoms with van der Waals surface area (Å²) in [5.74, 6) is 0.919. The first-order valence-electron chi connectivity index (χ1n) is 9.14. The highest BCUT2D eigenvalue weighted by Gasteiger charge is 2.64. The summed E-state index contributed by atoms with van der Waals surface area (Å²) < 4.78 is 5.83. The van der Waals surface area contributed by atoms with Crippen molar-refractivity contribution in [1.82, 2.24) is 0 Å². The Labute approximate surface area is 136 Å². The average molecular weight is 306 g/mol. The predicted octanol–water partition coefficient (Wildman–Crippen LogP) is 5.52. The van der Waals surface area contributed by atoms with Crippen LogP contribution in [0.4, 0.5) is 0 Å². The normalized spacial score (nSPS) is 44.5. The molecular formula is C20H34O2. The zero-order valence-electron chi connectivity index (χ0n) is 15.6. The Morgan fingerprint density at radius 1 is 1.09 bits per heavy atom. The summed E-state index contributed by atoms with van der Waals surface area (Å²) in [7, 11) is 0. The van der Waals surface area contributed by atoms with Gasteiger partial charge >= 0.3 is 5.97 Å². The SMILES string of the molecule is C/C=C1\C(=O)O[C@@]2(C)CC[C@@H]3C(C)(C)CCC[C@@]3(C)[C@H]12.CC. The predicted molar refractivity (Wildman–Crippen MR) is 91.6 cm³/mol. The number of carbonyl (C=O) groups is 1. The Morgan fingerprint density at radius 3 is 2.32 bits per heavy atom. The van der Waals surface area contributed by atoms with Crippen LogP contribution in [-0.4, -0.2) is 11.6 Å². The highest BCUT2D eigenvalue weighted by atomic mass is 16.6. The largest absolute Gasteiger partial charge is 0.455 e. The third kappa shape index (κ3) is 2.34. The van der Waals surface area contributed by atoms with E-state index in [-0.39, 0.29) is 22.9 Å². The average Bonchev–Trinajstić information content (AvgIpc) is 2.71. The third-order valence-electron chi connectivity index (χ3n) is 6.66. The van der Waals surface area contributed by atoms with Gasteiger partial charge < -0.3 is 4.74 Å². The molecule has 0 spiro atoms. The van der Waals surface area contributed by atoms with E-state index in [1.807, 2.05) is 26.8 Å². The summed E-state index contributed by atoms with van der Waals surface area (Å²) in [6, 6.07) is 0. The minimum absolute atomic E-state index is 0.0646. The van der Waals surface area contributed by atoms with Crippen molar-refractivity contribution in [1.29, 1.82) is 0 Å². The second-order valence-electron chi connectivity index (χ2n) is 8.32. The second kappa shape index (κ2) is 5.69. The van der Waals surface area contributed by atoms with Crippen LogP contribution in [0.2, 0.25) is 0 Å². The molecule has 2 saturated carbocycles. The molecule has 3 fully saturated rings. The van der Waals surface area contributed by atoms with E-state index in [9.17, 15) is 4.79 Å². The van der Waals surface area contributed by atoms with E-state index >= 15 is 0 Å². The molecule has 2 nitrogen and oxygen atoms in total. The van der Waals surface area contributed by atoms with Gasteiger partial charge in [-0.1, -0.05) is 47.1 Å². The molecule has 0 aromatic carbocycles. The van der Waals surface area contributed by atoms with Gasteiger partial charge in [-0.3, -0.25) is 0 Å². The van der Waals surface area contributed by atoms with Crippen LogP contribution in [0.1, 0.15) is 80.6 Å². The van der Waals surface area contributed by atoms with Crippen molar-refractivity contribution in [3.05, 3.63) is 11.6 Å². The van der Waals surface area contributed by atoms with Crippen molar-refractivity contribution < 1.29 is 9.53 Å². The van der Waals surface area contributed by atoms with Crippen LogP contribution in [-0.2, 0) is 9.53 Å². The lowest BCUT2D eigenvalue weighted by Gasteiger charge is -2.59. The molecule has 0 aromatic heterocycles. The molecule has 0 amide bonds. The molecule has 126 valence electrons. The molecule has 2 heteroatoms. The third-order valence-corrected chi connectivity index (χ3v) is 6.66. The lowest BCUT2D eigenvalue weighted by atomic mass is 9.45. The smallest absolute Gasteiger partial charge is 0.334 e. The molecule has 2 aliphatic carbocycles. The number of carbonyl (C=O) groups excluding carboxylic acids is 1. The van der Waals surface area contributed by atoms with E-state index in [0.717, 1.165) is 12.0 Å². The lowest BCUT2D eigenvalue weighted by Crippen LogP contribution is -2.56. The van der Waals surface area contributed by atoms with E-state index in [2.05, 4.69) is 27.7 Å². The first-order valence-corrected chi connectivity index (χ1v) is 9.14. The van der Waals surface area contributed by atoms with Crippen LogP contribution >= 0.6 is 0 Å². The first kappa shape index (κ1) is 17.6. The molecule has 3 rings (SSSR count). The molecule has 4 atom stereocenters. The molecule has 22 heavy (non-hydrogen) atoms. The number of hydrogen-bond donors (Lipinski definition) is 0. The highest BCUT2D eigenvalue weighted by Crippen LogP contribution is 2.66. The Bertz CT molecular complexity index is 476. The fourth-order valence-corrected chi connectivity index (χ4v) is 5.97. The maximum Gasteiger partial charge on any atom is 0.334 e. The van der Waals surface area contributed by atoms with Crippen LogP contribution in [0, 0.1) is 22.7 Å². The summed E-state index contributed by atoms with van der Waals surface area (Å²) in [6.07, 6.45) is 8.04. The van der Waals surface area contributed by atoms with Gasteiger partial charge in [-0.25, -0.2) is 4.79 Å². The fourth-order valence-electron chi connectivity index (χ4n) is 5.97. The van der Waals surface area contributed by atoms with Crippen molar-refractivity contribution in [3.63, 3.8) is 0 Å². The van der Waals surface area contributed by atoms with Crippen molar-refractivity contribution in [3.8, 4) is 0 Å². The Morgan fingerprint density at radius 2 is 1.73 bits per heavy atom. The minimum Gasteiger partial charge on any atom is -0.455 e. The summed E-state index contributed by atoms with van der Waals surface area (Å²) >= 11 is 0. The summed E-state index contributed by atoms with van der Waals surface area (Å²) in [6.45, 7) is 15.4. The number of ether oxygens (including phenoxy) is 1. The number of rotatable bonds is 0. The molecule has 0 unspecified atom stereocenters. The van der Waals surface area contributed by atoms with Crippen LogP contribution in [0.25, 0.3) is 0 Å². The van der Waals surface area contributed by atoms with Gasteiger partial charge in [0.15, 0.2) is 0 Å². The number of esters is 1. The fraction of sp³-hybridized carbons (Fsp3) is 0.850. The Balaban J connectivity index is 0.000000847. The maximum atomic E-state index is 12.3. The van der Waals surface area contributed by atoms with Crippen molar-refractivity contribution in [2.24, 2.45) is 22.7 Å². The number of hydrogen-bond acceptors (Lipinski definition) is 2. The van der Waals surface area contributed by atoms with Gasteiger partial charge in [0.2, 0.25) is 0 Å². The van der Waals surface area contributed by atoms with E-state index < -0.39 is 0 Å². The van der Waals surface area contributed by atoms with Gasteiger partial charge in [-0.15, -0.1) is 0 Å². The Hall–Kier alpha value is -0.790. The van der Waals surface area contributed by atoms with Crippen molar-refractivity contribution in [2.45, 2.75) is 86.2 Å². The minimum atomic E-state index is -0.266. The van der Waals surface area contributed by atoms with E-state index in [1.165, 1.54) is 25.7 Å². The van der Waals surface area contributed by atoms with Gasteiger partial charge in [-0.2, -0.15) is 0 Å². The van der Waals surface area contributed by atoms with E-state index in [1.54, 1.807) is 0 Å². The first-order chi connectivity index (χ1) is 10.2. The van der Waals surface area contributed by atoms with Gasteiger partial charge in [0.05, 0.1) is 0 Å². The van der Waals surface area contributed by atoms with Gasteiger partial charge in [-0.05, 0) is 56.3 Å². The molecule has 0 bridgehead atoms. The summed E-state index contributed by atoms with van der Waals surface area (Å²) in [5.41, 5.74) is 1.27. The van der Waals surface area contributed by atoms with Crippen molar-refractivity contribution in [2.75, 3.05) is 0 Å². The maximum absolute atomic E-state index is 12.3. The van der Waals surface area contributed by atoms with Gasteiger partial charge in [0.1, 0.15) is 5.60 Å². The molecule has 0 radical (unpaired) electrons. The topological polar surface area (TPSA) is 26.3 Å². The zero-order valence-corrected chi connectivity index (χ0v) is 15.6. The monoisotopic (exact) mass is 306 g/mol. The second-order valence-corrected chi connectivity index (χ2v) is 8.32. The summed E-state index contributed by atoms with van der Waals surface area (Å²) in [5, 5.41) is 0. The van der Waals surface area contributed by atoms with E-state index in [0.29, 0.717) is 11.3 Å². The molecule has 0 N–H and O–H groups in total. The van der Waals surface area contributed by atoms with Crippen LogP contribution in [0.3, 0.4) is 0 Å². The quantitative estimate of drug-likeness (QED) is 0.435. The van der Waals surface area contributed by atoms with Crippen LogP contribution in [0.5, 0.6) is 0 Å². The molecule has 1 saturated heterocycles. The van der Waals surface area contributed by atoms with Crippen LogP contribution < -0.4 is 0 Å². The van der Waals surface area contributed by atoms with E-state index in [4.69, 9.17) is 4.74 Å². The van der Waals surface area contributed by atoms with Crippen molar-refractivity contribution >= 4 is 5.97 Å². The van der Waals surface area contributed by atoms with Crippen LogP contribution in [0.15, 0.2) is 11.6 Å².